The average molecular weight is 277 g/mol. The van der Waals surface area contributed by atoms with Crippen LogP contribution in [0.1, 0.15) is 32.3 Å². The molecule has 1 heterocycles. The summed E-state index contributed by atoms with van der Waals surface area (Å²) in [6.45, 7) is 6.93. The van der Waals surface area contributed by atoms with Gasteiger partial charge in [0.25, 0.3) is 0 Å². The molecular weight excluding hydrogens is 254 g/mol. The molecule has 0 spiro atoms. The zero-order valence-electron chi connectivity index (χ0n) is 12.4. The van der Waals surface area contributed by atoms with E-state index in [1.807, 2.05) is 30.0 Å². The Bertz CT molecular complexity index is 459. The molecule has 0 bridgehead atoms. The van der Waals surface area contributed by atoms with Gasteiger partial charge in [-0.2, -0.15) is 0 Å². The van der Waals surface area contributed by atoms with E-state index in [1.54, 1.807) is 0 Å². The molecule has 0 fully saturated rings. The molecule has 1 amide bonds. The summed E-state index contributed by atoms with van der Waals surface area (Å²) >= 11 is 0. The van der Waals surface area contributed by atoms with Crippen molar-refractivity contribution in [3.05, 3.63) is 23.8 Å². The molecular formula is C16H23NO3. The molecule has 1 aromatic carbocycles. The fraction of sp³-hybridized carbons (Fsp3) is 0.562. The second kappa shape index (κ2) is 7.17. The van der Waals surface area contributed by atoms with E-state index in [4.69, 9.17) is 9.47 Å². The Kier molecular flexibility index (Phi) is 5.27. The number of fused-ring (bicyclic) bond motifs is 1. The summed E-state index contributed by atoms with van der Waals surface area (Å²) in [5, 5.41) is 0. The third-order valence-corrected chi connectivity index (χ3v) is 3.48. The fourth-order valence-corrected chi connectivity index (χ4v) is 2.29. The Balaban J connectivity index is 1.99. The van der Waals surface area contributed by atoms with Gasteiger partial charge in [0.2, 0.25) is 5.91 Å². The number of benzene rings is 1. The standard InChI is InChI=1S/C16H23NO3/c1-3-5-8-17(4-2)16(18)12-13-6-7-14-15(11-13)20-10-9-19-14/h6-7,11H,3-5,8-10,12H2,1-2H3. The predicted octanol–water partition coefficient (Wildman–Crippen LogP) is 2.65. The van der Waals surface area contributed by atoms with Crippen LogP contribution in [-0.4, -0.2) is 37.1 Å². The van der Waals surface area contributed by atoms with E-state index in [0.29, 0.717) is 19.6 Å². The molecule has 110 valence electrons. The molecule has 0 aromatic heterocycles. The Morgan fingerprint density at radius 2 is 1.95 bits per heavy atom. The van der Waals surface area contributed by atoms with Crippen LogP contribution in [0.3, 0.4) is 0 Å². The van der Waals surface area contributed by atoms with E-state index in [-0.39, 0.29) is 5.91 Å². The molecule has 1 aliphatic heterocycles. The third kappa shape index (κ3) is 3.65. The Hall–Kier alpha value is -1.71. The van der Waals surface area contributed by atoms with Crippen molar-refractivity contribution in [3.8, 4) is 11.5 Å². The van der Waals surface area contributed by atoms with Crippen LogP contribution in [0, 0.1) is 0 Å². The summed E-state index contributed by atoms with van der Waals surface area (Å²) in [5.41, 5.74) is 0.981. The molecule has 2 rings (SSSR count). The van der Waals surface area contributed by atoms with Crippen LogP contribution in [-0.2, 0) is 11.2 Å². The van der Waals surface area contributed by atoms with Crippen LogP contribution in [0.2, 0.25) is 0 Å². The summed E-state index contributed by atoms with van der Waals surface area (Å²) in [6.07, 6.45) is 2.59. The molecule has 0 N–H and O–H groups in total. The summed E-state index contributed by atoms with van der Waals surface area (Å²) in [7, 11) is 0. The monoisotopic (exact) mass is 277 g/mol. The number of amides is 1. The number of hydrogen-bond acceptors (Lipinski definition) is 3. The topological polar surface area (TPSA) is 38.8 Å². The molecule has 0 aliphatic carbocycles. The molecule has 4 nitrogen and oxygen atoms in total. The van der Waals surface area contributed by atoms with Crippen LogP contribution >= 0.6 is 0 Å². The van der Waals surface area contributed by atoms with Crippen molar-refractivity contribution in [2.45, 2.75) is 33.1 Å². The minimum absolute atomic E-state index is 0.178. The van der Waals surface area contributed by atoms with Gasteiger partial charge in [-0.15, -0.1) is 0 Å². The Morgan fingerprint density at radius 3 is 2.65 bits per heavy atom. The van der Waals surface area contributed by atoms with Gasteiger partial charge in [0.15, 0.2) is 11.5 Å². The molecule has 1 aliphatic rings. The molecule has 1 aromatic rings. The first-order valence-electron chi connectivity index (χ1n) is 7.41. The second-order valence-electron chi connectivity index (χ2n) is 4.98. The fourth-order valence-electron chi connectivity index (χ4n) is 2.29. The first kappa shape index (κ1) is 14.7. The van der Waals surface area contributed by atoms with Crippen LogP contribution in [0.15, 0.2) is 18.2 Å². The molecule has 0 saturated carbocycles. The predicted molar refractivity (Wildman–Crippen MR) is 78.3 cm³/mol. The highest BCUT2D eigenvalue weighted by atomic mass is 16.6. The van der Waals surface area contributed by atoms with Crippen LogP contribution in [0.25, 0.3) is 0 Å². The molecule has 0 radical (unpaired) electrons. The minimum Gasteiger partial charge on any atom is -0.486 e. The first-order valence-corrected chi connectivity index (χ1v) is 7.41. The molecule has 0 unspecified atom stereocenters. The van der Waals surface area contributed by atoms with Crippen LogP contribution < -0.4 is 9.47 Å². The van der Waals surface area contributed by atoms with Gasteiger partial charge in [-0.25, -0.2) is 0 Å². The average Bonchev–Trinajstić information content (AvgIpc) is 2.48. The van der Waals surface area contributed by atoms with Gasteiger partial charge in [0.05, 0.1) is 6.42 Å². The minimum atomic E-state index is 0.178. The van der Waals surface area contributed by atoms with E-state index in [9.17, 15) is 4.79 Å². The van der Waals surface area contributed by atoms with Gasteiger partial charge in [-0.1, -0.05) is 19.4 Å². The van der Waals surface area contributed by atoms with Crippen molar-refractivity contribution < 1.29 is 14.3 Å². The van der Waals surface area contributed by atoms with Gasteiger partial charge in [-0.05, 0) is 31.0 Å². The molecule has 20 heavy (non-hydrogen) atoms. The third-order valence-electron chi connectivity index (χ3n) is 3.48. The SMILES string of the molecule is CCCCN(CC)C(=O)Cc1ccc2c(c1)OCCO2. The smallest absolute Gasteiger partial charge is 0.226 e. The number of unbranched alkanes of at least 4 members (excludes halogenated alkanes) is 1. The van der Waals surface area contributed by atoms with E-state index in [2.05, 4.69) is 6.92 Å². The number of carbonyl (C=O) groups excluding carboxylic acids is 1. The lowest BCUT2D eigenvalue weighted by atomic mass is 10.1. The van der Waals surface area contributed by atoms with Gasteiger partial charge in [0.1, 0.15) is 13.2 Å². The van der Waals surface area contributed by atoms with Gasteiger partial charge in [0, 0.05) is 13.1 Å². The lowest BCUT2D eigenvalue weighted by Crippen LogP contribution is -2.33. The van der Waals surface area contributed by atoms with Crippen molar-refractivity contribution in [2.75, 3.05) is 26.3 Å². The summed E-state index contributed by atoms with van der Waals surface area (Å²) in [5.74, 6) is 1.70. The van der Waals surface area contributed by atoms with Crippen molar-refractivity contribution in [3.63, 3.8) is 0 Å². The van der Waals surface area contributed by atoms with E-state index < -0.39 is 0 Å². The number of likely N-dealkylation sites (N-methyl/N-ethyl adjacent to an activating group) is 1. The summed E-state index contributed by atoms with van der Waals surface area (Å²) in [6, 6.07) is 5.75. The lowest BCUT2D eigenvalue weighted by molar-refractivity contribution is -0.130. The number of rotatable bonds is 6. The second-order valence-corrected chi connectivity index (χ2v) is 4.98. The quantitative estimate of drug-likeness (QED) is 0.802. The maximum Gasteiger partial charge on any atom is 0.226 e. The van der Waals surface area contributed by atoms with Crippen molar-refractivity contribution in [1.82, 2.24) is 4.90 Å². The molecule has 0 atom stereocenters. The van der Waals surface area contributed by atoms with E-state index in [1.165, 1.54) is 0 Å². The number of nitrogens with zero attached hydrogens (tertiary/aromatic N) is 1. The number of carbonyl (C=O) groups is 1. The summed E-state index contributed by atoms with van der Waals surface area (Å²) in [4.78, 5) is 14.2. The van der Waals surface area contributed by atoms with Crippen LogP contribution in [0.4, 0.5) is 0 Å². The van der Waals surface area contributed by atoms with Crippen molar-refractivity contribution in [1.29, 1.82) is 0 Å². The maximum atomic E-state index is 12.3. The highest BCUT2D eigenvalue weighted by molar-refractivity contribution is 5.79. The first-order chi connectivity index (χ1) is 9.74. The highest BCUT2D eigenvalue weighted by Crippen LogP contribution is 2.30. The van der Waals surface area contributed by atoms with Crippen LogP contribution in [0.5, 0.6) is 11.5 Å². The normalized spacial score (nSPS) is 13.1. The zero-order valence-corrected chi connectivity index (χ0v) is 12.4. The maximum absolute atomic E-state index is 12.3. The summed E-state index contributed by atoms with van der Waals surface area (Å²) < 4.78 is 11.0. The van der Waals surface area contributed by atoms with E-state index in [0.717, 1.165) is 43.0 Å². The largest absolute Gasteiger partial charge is 0.486 e. The molecule has 0 saturated heterocycles. The van der Waals surface area contributed by atoms with E-state index >= 15 is 0 Å². The van der Waals surface area contributed by atoms with Crippen molar-refractivity contribution >= 4 is 5.91 Å². The number of ether oxygens (including phenoxy) is 2. The van der Waals surface area contributed by atoms with Gasteiger partial charge < -0.3 is 14.4 Å². The zero-order chi connectivity index (χ0) is 14.4. The Labute approximate surface area is 120 Å². The van der Waals surface area contributed by atoms with Gasteiger partial charge >= 0.3 is 0 Å². The van der Waals surface area contributed by atoms with Gasteiger partial charge in [-0.3, -0.25) is 4.79 Å². The Morgan fingerprint density at radius 1 is 1.20 bits per heavy atom. The lowest BCUT2D eigenvalue weighted by Gasteiger charge is -2.22. The number of hydrogen-bond donors (Lipinski definition) is 0. The molecule has 4 heteroatoms. The highest BCUT2D eigenvalue weighted by Gasteiger charge is 2.15. The van der Waals surface area contributed by atoms with Crippen molar-refractivity contribution in [2.24, 2.45) is 0 Å².